The van der Waals surface area contributed by atoms with E-state index in [4.69, 9.17) is 5.73 Å². The number of hydrogen-bond acceptors (Lipinski definition) is 4. The number of benzene rings is 1. The summed E-state index contributed by atoms with van der Waals surface area (Å²) < 4.78 is 1.49. The van der Waals surface area contributed by atoms with E-state index in [1.807, 2.05) is 0 Å². The van der Waals surface area contributed by atoms with Crippen molar-refractivity contribution in [3.8, 4) is 0 Å². The van der Waals surface area contributed by atoms with Crippen LogP contribution in [0.4, 0.5) is 11.4 Å². The first-order chi connectivity index (χ1) is 6.59. The van der Waals surface area contributed by atoms with Crippen LogP contribution >= 0.6 is 27.3 Å². The Balaban J connectivity index is 2.85. The lowest BCUT2D eigenvalue weighted by atomic mass is 10.2. The molecule has 0 aliphatic carbocycles. The van der Waals surface area contributed by atoms with Crippen molar-refractivity contribution < 1.29 is 4.92 Å². The minimum Gasteiger partial charge on any atom is -0.399 e. The minimum absolute atomic E-state index is 0.122. The van der Waals surface area contributed by atoms with Crippen molar-refractivity contribution in [1.29, 1.82) is 0 Å². The lowest BCUT2D eigenvalue weighted by molar-refractivity contribution is -0.382. The smallest absolute Gasteiger partial charge is 0.288 e. The normalized spacial score (nSPS) is 10.6. The maximum Gasteiger partial charge on any atom is 0.288 e. The molecule has 0 unspecified atom stereocenters. The molecule has 0 amide bonds. The molecule has 14 heavy (non-hydrogen) atoms. The monoisotopic (exact) mass is 272 g/mol. The Hall–Kier alpha value is -1.14. The highest BCUT2D eigenvalue weighted by molar-refractivity contribution is 9.10. The maximum absolute atomic E-state index is 10.7. The van der Waals surface area contributed by atoms with Gasteiger partial charge >= 0.3 is 0 Å². The van der Waals surface area contributed by atoms with E-state index in [9.17, 15) is 10.1 Å². The van der Waals surface area contributed by atoms with Crippen LogP contribution in [-0.4, -0.2) is 4.92 Å². The highest BCUT2D eigenvalue weighted by Crippen LogP contribution is 2.38. The molecule has 0 bridgehead atoms. The lowest BCUT2D eigenvalue weighted by Crippen LogP contribution is -1.87. The molecule has 2 rings (SSSR count). The van der Waals surface area contributed by atoms with Crippen LogP contribution in [0.15, 0.2) is 22.0 Å². The molecule has 2 N–H and O–H groups in total. The van der Waals surface area contributed by atoms with Crippen molar-refractivity contribution >= 4 is 48.7 Å². The number of thiophene rings is 1. The summed E-state index contributed by atoms with van der Waals surface area (Å²) in [4.78, 5) is 10.3. The van der Waals surface area contributed by atoms with E-state index in [0.717, 1.165) is 4.70 Å². The first-order valence-electron chi connectivity index (χ1n) is 3.70. The summed E-state index contributed by atoms with van der Waals surface area (Å²) in [7, 11) is 0. The van der Waals surface area contributed by atoms with E-state index in [-0.39, 0.29) is 10.6 Å². The molecular weight excluding hydrogens is 268 g/mol. The van der Waals surface area contributed by atoms with Gasteiger partial charge in [0.25, 0.3) is 5.69 Å². The van der Waals surface area contributed by atoms with Gasteiger partial charge in [0.05, 0.1) is 15.7 Å². The number of nitro groups is 1. The van der Waals surface area contributed by atoms with Gasteiger partial charge in [-0.25, -0.2) is 0 Å². The van der Waals surface area contributed by atoms with Crippen LogP contribution in [0.25, 0.3) is 10.1 Å². The molecule has 0 spiro atoms. The molecule has 0 aliphatic rings. The molecule has 72 valence electrons. The van der Waals surface area contributed by atoms with E-state index in [2.05, 4.69) is 15.9 Å². The largest absolute Gasteiger partial charge is 0.399 e. The summed E-state index contributed by atoms with van der Waals surface area (Å²) in [5.74, 6) is 0. The molecule has 0 saturated carbocycles. The van der Waals surface area contributed by atoms with E-state index < -0.39 is 0 Å². The Kier molecular flexibility index (Phi) is 2.16. The van der Waals surface area contributed by atoms with Crippen LogP contribution in [0.2, 0.25) is 0 Å². The quantitative estimate of drug-likeness (QED) is 0.493. The molecule has 6 heteroatoms. The van der Waals surface area contributed by atoms with E-state index in [0.29, 0.717) is 15.5 Å². The van der Waals surface area contributed by atoms with Gasteiger partial charge in [-0.05, 0) is 28.1 Å². The third-order valence-electron chi connectivity index (χ3n) is 1.83. The van der Waals surface area contributed by atoms with Gasteiger partial charge in [-0.2, -0.15) is 0 Å². The number of nitrogens with two attached hydrogens (primary N) is 1. The maximum atomic E-state index is 10.7. The van der Waals surface area contributed by atoms with Crippen molar-refractivity contribution in [1.82, 2.24) is 0 Å². The summed E-state index contributed by atoms with van der Waals surface area (Å²) in [6.45, 7) is 0. The Morgan fingerprint density at radius 1 is 1.50 bits per heavy atom. The number of anilines is 1. The third kappa shape index (κ3) is 1.36. The minimum atomic E-state index is -0.389. The van der Waals surface area contributed by atoms with Crippen LogP contribution in [0.5, 0.6) is 0 Å². The molecule has 4 nitrogen and oxygen atoms in total. The number of hydrogen-bond donors (Lipinski definition) is 1. The zero-order chi connectivity index (χ0) is 10.3. The molecule has 1 aromatic carbocycles. The second-order valence-corrected chi connectivity index (χ2v) is 4.52. The van der Waals surface area contributed by atoms with Crippen molar-refractivity contribution in [2.24, 2.45) is 0 Å². The highest BCUT2D eigenvalue weighted by atomic mass is 79.9. The van der Waals surface area contributed by atoms with Crippen LogP contribution in [0, 0.1) is 10.1 Å². The predicted octanol–water partition coefficient (Wildman–Crippen LogP) is 3.15. The summed E-state index contributed by atoms with van der Waals surface area (Å²) in [5.41, 5.74) is 6.34. The van der Waals surface area contributed by atoms with Crippen molar-refractivity contribution in [2.45, 2.75) is 0 Å². The van der Waals surface area contributed by atoms with Crippen molar-refractivity contribution in [2.75, 3.05) is 5.73 Å². The molecule has 1 heterocycles. The predicted molar refractivity (Wildman–Crippen MR) is 60.6 cm³/mol. The van der Waals surface area contributed by atoms with Crippen molar-refractivity contribution in [3.63, 3.8) is 0 Å². The molecule has 2 aromatic rings. The van der Waals surface area contributed by atoms with E-state index in [1.165, 1.54) is 16.7 Å². The summed E-state index contributed by atoms with van der Waals surface area (Å²) >= 11 is 4.59. The number of nitrogen functional groups attached to an aromatic ring is 1. The van der Waals surface area contributed by atoms with Gasteiger partial charge in [0.1, 0.15) is 0 Å². The van der Waals surface area contributed by atoms with Crippen molar-refractivity contribution in [3.05, 3.63) is 32.1 Å². The van der Waals surface area contributed by atoms with Crippen LogP contribution in [-0.2, 0) is 0 Å². The average molecular weight is 273 g/mol. The fourth-order valence-electron chi connectivity index (χ4n) is 1.26. The third-order valence-corrected chi connectivity index (χ3v) is 3.37. The molecule has 0 aliphatic heterocycles. The van der Waals surface area contributed by atoms with Gasteiger partial charge in [-0.3, -0.25) is 10.1 Å². The second-order valence-electron chi connectivity index (χ2n) is 2.75. The van der Waals surface area contributed by atoms with E-state index >= 15 is 0 Å². The number of rotatable bonds is 1. The molecule has 0 atom stereocenters. The molecule has 1 aromatic heterocycles. The topological polar surface area (TPSA) is 69.2 Å². The number of halogens is 1. The van der Waals surface area contributed by atoms with Crippen LogP contribution in [0.3, 0.4) is 0 Å². The van der Waals surface area contributed by atoms with Gasteiger partial charge in [0.15, 0.2) is 0 Å². The summed E-state index contributed by atoms with van der Waals surface area (Å²) in [6.07, 6.45) is 0. The van der Waals surface area contributed by atoms with Gasteiger partial charge in [-0.15, -0.1) is 11.3 Å². The zero-order valence-electron chi connectivity index (χ0n) is 6.86. The average Bonchev–Trinajstić information content (AvgIpc) is 2.47. The molecular formula is C8H5BrN2O2S. The molecule has 0 radical (unpaired) electrons. The Bertz CT molecular complexity index is 523. The molecule has 0 saturated heterocycles. The van der Waals surface area contributed by atoms with Crippen LogP contribution < -0.4 is 5.73 Å². The number of nitrogens with zero attached hydrogens (tertiary/aromatic N) is 1. The number of fused-ring (bicyclic) bond motifs is 1. The fourth-order valence-corrected chi connectivity index (χ4v) is 3.05. The lowest BCUT2D eigenvalue weighted by Gasteiger charge is -1.96. The van der Waals surface area contributed by atoms with Gasteiger partial charge in [-0.1, -0.05) is 0 Å². The first-order valence-corrected chi connectivity index (χ1v) is 5.37. The Morgan fingerprint density at radius 2 is 2.21 bits per heavy atom. The van der Waals surface area contributed by atoms with Gasteiger partial charge in [0, 0.05) is 14.9 Å². The SMILES string of the molecule is Nc1cc(Br)c2c([N+](=O)[O-])csc2c1. The fraction of sp³-hybridized carbons (Fsp3) is 0. The Labute approximate surface area is 91.6 Å². The Morgan fingerprint density at radius 3 is 2.86 bits per heavy atom. The highest BCUT2D eigenvalue weighted by Gasteiger charge is 2.17. The van der Waals surface area contributed by atoms with E-state index in [1.54, 1.807) is 12.1 Å². The standard InChI is InChI=1S/C8H5BrN2O2S/c9-5-1-4(10)2-7-8(5)6(3-14-7)11(12)13/h1-3H,10H2. The summed E-state index contributed by atoms with van der Waals surface area (Å²) in [5, 5.41) is 12.8. The first kappa shape index (κ1) is 9.42. The van der Waals surface area contributed by atoms with Gasteiger partial charge < -0.3 is 5.73 Å². The zero-order valence-corrected chi connectivity index (χ0v) is 9.26. The second kappa shape index (κ2) is 3.21. The van der Waals surface area contributed by atoms with Gasteiger partial charge in [0.2, 0.25) is 0 Å². The summed E-state index contributed by atoms with van der Waals surface area (Å²) in [6, 6.07) is 3.40. The van der Waals surface area contributed by atoms with Crippen LogP contribution in [0.1, 0.15) is 0 Å². The molecule has 0 fully saturated rings.